The molecule has 31 heavy (non-hydrogen) atoms. The number of benzene rings is 2. The summed E-state index contributed by atoms with van der Waals surface area (Å²) in [6.07, 6.45) is 8.57. The molecule has 1 aromatic heterocycles. The van der Waals surface area contributed by atoms with E-state index in [0.717, 1.165) is 30.3 Å². The molecule has 0 atom stereocenters. The standard InChI is InChI=1S/C26H32N3OS/c1-4-27-25-7-5-6-8-26(25)30-21-31-20-19-29-17-15-23(16-18-29)10-9-22-11-13-24(14-12-22)28(2)3/h5-18,27H,4,19-21H2,1-3H3/q+1. The van der Waals surface area contributed by atoms with Crippen molar-refractivity contribution in [2.75, 3.05) is 42.5 Å². The number of hydrogen-bond donors (Lipinski definition) is 1. The molecule has 0 aliphatic rings. The van der Waals surface area contributed by atoms with Gasteiger partial charge in [0, 0.05) is 38.5 Å². The number of hydrogen-bond acceptors (Lipinski definition) is 4. The molecule has 0 aliphatic carbocycles. The van der Waals surface area contributed by atoms with E-state index in [0.29, 0.717) is 5.94 Å². The zero-order valence-electron chi connectivity index (χ0n) is 18.6. The predicted molar refractivity (Wildman–Crippen MR) is 135 cm³/mol. The normalized spacial score (nSPS) is 10.9. The van der Waals surface area contributed by atoms with E-state index in [4.69, 9.17) is 4.74 Å². The smallest absolute Gasteiger partial charge is 0.169 e. The minimum Gasteiger partial charge on any atom is -0.481 e. The lowest BCUT2D eigenvalue weighted by Gasteiger charge is -2.11. The molecule has 4 nitrogen and oxygen atoms in total. The molecule has 0 aliphatic heterocycles. The minimum atomic E-state index is 0.649. The molecule has 0 amide bonds. The second-order valence-electron chi connectivity index (χ2n) is 7.39. The van der Waals surface area contributed by atoms with Crippen LogP contribution < -0.4 is 19.5 Å². The van der Waals surface area contributed by atoms with Crippen molar-refractivity contribution in [2.24, 2.45) is 0 Å². The lowest BCUT2D eigenvalue weighted by molar-refractivity contribution is -0.692. The number of para-hydroxylation sites is 2. The van der Waals surface area contributed by atoms with Crippen molar-refractivity contribution in [3.63, 3.8) is 0 Å². The maximum absolute atomic E-state index is 5.92. The summed E-state index contributed by atoms with van der Waals surface area (Å²) in [7, 11) is 4.11. The van der Waals surface area contributed by atoms with E-state index < -0.39 is 0 Å². The molecule has 0 saturated carbocycles. The SMILES string of the molecule is CCNc1ccccc1OCSCC[n+]1ccc(C=Cc2ccc(N(C)C)cc2)cc1. The van der Waals surface area contributed by atoms with Crippen LogP contribution in [0.2, 0.25) is 0 Å². The highest BCUT2D eigenvalue weighted by atomic mass is 32.2. The molecule has 3 aromatic rings. The highest BCUT2D eigenvalue weighted by Crippen LogP contribution is 2.24. The van der Waals surface area contributed by atoms with Gasteiger partial charge in [-0.25, -0.2) is 4.57 Å². The van der Waals surface area contributed by atoms with E-state index >= 15 is 0 Å². The molecule has 1 heterocycles. The number of pyridine rings is 1. The van der Waals surface area contributed by atoms with Gasteiger partial charge in [-0.05, 0) is 42.3 Å². The topological polar surface area (TPSA) is 28.4 Å². The molecule has 0 unspecified atom stereocenters. The van der Waals surface area contributed by atoms with Crippen LogP contribution in [-0.2, 0) is 6.54 Å². The van der Waals surface area contributed by atoms with Gasteiger partial charge in [-0.1, -0.05) is 36.4 Å². The quantitative estimate of drug-likeness (QED) is 0.248. The van der Waals surface area contributed by atoms with Crippen molar-refractivity contribution >= 4 is 35.3 Å². The Kier molecular flexibility index (Phi) is 8.85. The molecule has 0 fully saturated rings. The number of anilines is 2. The van der Waals surface area contributed by atoms with E-state index in [9.17, 15) is 0 Å². The van der Waals surface area contributed by atoms with Gasteiger partial charge in [0.1, 0.15) is 11.7 Å². The Hall–Kier alpha value is -2.92. The highest BCUT2D eigenvalue weighted by Gasteiger charge is 2.03. The summed E-state index contributed by atoms with van der Waals surface area (Å²) in [4.78, 5) is 2.11. The van der Waals surface area contributed by atoms with Crippen LogP contribution in [0.15, 0.2) is 73.1 Å². The van der Waals surface area contributed by atoms with Gasteiger partial charge in [-0.3, -0.25) is 0 Å². The van der Waals surface area contributed by atoms with Crippen LogP contribution in [0.3, 0.4) is 0 Å². The van der Waals surface area contributed by atoms with Crippen LogP contribution in [0, 0.1) is 0 Å². The number of aryl methyl sites for hydroxylation is 1. The molecule has 162 valence electrons. The molecule has 0 saturated heterocycles. The third-order valence-electron chi connectivity index (χ3n) is 4.84. The molecule has 0 spiro atoms. The van der Waals surface area contributed by atoms with Gasteiger partial charge in [0.2, 0.25) is 0 Å². The molecule has 0 bridgehead atoms. The molecule has 0 radical (unpaired) electrons. The van der Waals surface area contributed by atoms with Gasteiger partial charge in [0.15, 0.2) is 18.9 Å². The molecule has 5 heteroatoms. The summed E-state index contributed by atoms with van der Waals surface area (Å²) in [5.41, 5.74) is 4.67. The number of ether oxygens (including phenoxy) is 1. The molecule has 2 aromatic carbocycles. The van der Waals surface area contributed by atoms with Crippen molar-refractivity contribution in [3.05, 3.63) is 84.2 Å². The van der Waals surface area contributed by atoms with Crippen LogP contribution in [0.5, 0.6) is 5.75 Å². The van der Waals surface area contributed by atoms with Crippen LogP contribution in [0.4, 0.5) is 11.4 Å². The Morgan fingerprint density at radius 2 is 1.61 bits per heavy atom. The highest BCUT2D eigenvalue weighted by molar-refractivity contribution is 7.99. The van der Waals surface area contributed by atoms with Crippen LogP contribution in [-0.4, -0.2) is 32.3 Å². The van der Waals surface area contributed by atoms with Crippen molar-refractivity contribution < 1.29 is 9.30 Å². The van der Waals surface area contributed by atoms with Crippen molar-refractivity contribution in [1.29, 1.82) is 0 Å². The van der Waals surface area contributed by atoms with Gasteiger partial charge < -0.3 is 15.0 Å². The average molecular weight is 435 g/mol. The maximum atomic E-state index is 5.92. The van der Waals surface area contributed by atoms with Gasteiger partial charge in [-0.15, -0.1) is 11.8 Å². The Bertz CT molecular complexity index is 953. The summed E-state index contributed by atoms with van der Waals surface area (Å²) in [6.45, 7) is 3.93. The monoisotopic (exact) mass is 434 g/mol. The second kappa shape index (κ2) is 12.1. The van der Waals surface area contributed by atoms with Crippen molar-refractivity contribution in [1.82, 2.24) is 0 Å². The van der Waals surface area contributed by atoms with Crippen LogP contribution in [0.1, 0.15) is 18.1 Å². The van der Waals surface area contributed by atoms with Gasteiger partial charge >= 0.3 is 0 Å². The Balaban J connectivity index is 1.41. The zero-order valence-corrected chi connectivity index (χ0v) is 19.4. The summed E-state index contributed by atoms with van der Waals surface area (Å²) in [5, 5.41) is 3.33. The average Bonchev–Trinajstić information content (AvgIpc) is 2.80. The second-order valence-corrected chi connectivity index (χ2v) is 8.44. The van der Waals surface area contributed by atoms with E-state index in [1.165, 1.54) is 16.8 Å². The molecule has 3 rings (SSSR count). The summed E-state index contributed by atoms with van der Waals surface area (Å²) in [5.74, 6) is 2.56. The first-order valence-corrected chi connectivity index (χ1v) is 11.8. The van der Waals surface area contributed by atoms with E-state index in [-0.39, 0.29) is 0 Å². The first kappa shape index (κ1) is 22.8. The summed E-state index contributed by atoms with van der Waals surface area (Å²) < 4.78 is 8.13. The number of nitrogens with zero attached hydrogens (tertiary/aromatic N) is 2. The third kappa shape index (κ3) is 7.37. The van der Waals surface area contributed by atoms with Crippen LogP contribution in [0.25, 0.3) is 12.2 Å². The lowest BCUT2D eigenvalue weighted by atomic mass is 10.1. The zero-order chi connectivity index (χ0) is 21.9. The summed E-state index contributed by atoms with van der Waals surface area (Å²) in [6, 6.07) is 21.0. The number of nitrogens with one attached hydrogen (secondary N) is 1. The number of thioether (sulfide) groups is 1. The summed E-state index contributed by atoms with van der Waals surface area (Å²) >= 11 is 1.80. The van der Waals surface area contributed by atoms with E-state index in [1.807, 2.05) is 24.3 Å². The van der Waals surface area contributed by atoms with Crippen molar-refractivity contribution in [3.8, 4) is 5.75 Å². The Labute approximate surface area is 190 Å². The largest absolute Gasteiger partial charge is 0.481 e. The predicted octanol–water partition coefficient (Wildman–Crippen LogP) is 5.41. The van der Waals surface area contributed by atoms with E-state index in [2.05, 4.69) is 96.7 Å². The minimum absolute atomic E-state index is 0.649. The van der Waals surface area contributed by atoms with E-state index in [1.54, 1.807) is 11.8 Å². The van der Waals surface area contributed by atoms with Crippen molar-refractivity contribution in [2.45, 2.75) is 13.5 Å². The lowest BCUT2D eigenvalue weighted by Crippen LogP contribution is -2.33. The fourth-order valence-corrected chi connectivity index (χ4v) is 3.74. The number of rotatable bonds is 11. The fraction of sp³-hybridized carbons (Fsp3) is 0.269. The van der Waals surface area contributed by atoms with Gasteiger partial charge in [-0.2, -0.15) is 0 Å². The Morgan fingerprint density at radius 3 is 2.29 bits per heavy atom. The fourth-order valence-electron chi connectivity index (χ4n) is 3.07. The number of aromatic nitrogens is 1. The molecule has 1 N–H and O–H groups in total. The van der Waals surface area contributed by atoms with Crippen LogP contribution >= 0.6 is 11.8 Å². The first-order chi connectivity index (χ1) is 15.2. The Morgan fingerprint density at radius 1 is 0.935 bits per heavy atom. The molecular formula is C26H32N3OS+. The third-order valence-corrected chi connectivity index (χ3v) is 5.60. The molecular weight excluding hydrogens is 402 g/mol. The van der Waals surface area contributed by atoms with Gasteiger partial charge in [0.25, 0.3) is 0 Å². The first-order valence-electron chi connectivity index (χ1n) is 10.6. The van der Waals surface area contributed by atoms with Gasteiger partial charge in [0.05, 0.1) is 11.4 Å². The maximum Gasteiger partial charge on any atom is 0.169 e.